The van der Waals surface area contributed by atoms with Crippen molar-refractivity contribution >= 4 is 0 Å². The molecule has 0 saturated carbocycles. The van der Waals surface area contributed by atoms with Crippen molar-refractivity contribution in [3.63, 3.8) is 0 Å². The van der Waals surface area contributed by atoms with Crippen molar-refractivity contribution in [2.24, 2.45) is 0 Å². The van der Waals surface area contributed by atoms with Gasteiger partial charge in [0.25, 0.3) is 0 Å². The zero-order valence-electron chi connectivity index (χ0n) is 11.9. The van der Waals surface area contributed by atoms with Gasteiger partial charge in [0.15, 0.2) is 34.9 Å². The quantitative estimate of drug-likeness (QED) is 0.406. The number of rotatable bonds is 2. The molecule has 0 aliphatic rings. The molecule has 3 rings (SSSR count). The summed E-state index contributed by atoms with van der Waals surface area (Å²) in [5, 5.41) is 0. The highest BCUT2D eigenvalue weighted by Gasteiger charge is 2.17. The molecule has 0 spiro atoms. The van der Waals surface area contributed by atoms with Crippen molar-refractivity contribution in [3.8, 4) is 22.3 Å². The van der Waals surface area contributed by atoms with E-state index in [9.17, 15) is 26.3 Å². The number of hydrogen-bond acceptors (Lipinski definition) is 0. The first-order valence-electron chi connectivity index (χ1n) is 6.77. The molecule has 0 unspecified atom stereocenters. The molecule has 0 saturated heterocycles. The van der Waals surface area contributed by atoms with E-state index < -0.39 is 34.9 Å². The standard InChI is InChI=1S/C18H8F6/c19-13-5-9(6-14(20)17(13)23)11-3-1-2-4-12(11)10-7-15(21)18(24)16(22)8-10/h1-8H. The lowest BCUT2D eigenvalue weighted by Gasteiger charge is -2.11. The van der Waals surface area contributed by atoms with Gasteiger partial charge in [0.05, 0.1) is 0 Å². The monoisotopic (exact) mass is 338 g/mol. The zero-order valence-corrected chi connectivity index (χ0v) is 11.9. The van der Waals surface area contributed by atoms with E-state index in [4.69, 9.17) is 0 Å². The van der Waals surface area contributed by atoms with Crippen LogP contribution in [0, 0.1) is 34.9 Å². The SMILES string of the molecule is Fc1cc(-c2ccccc2-c2cc(F)c(F)c(F)c2)cc(F)c1F. The summed E-state index contributed by atoms with van der Waals surface area (Å²) in [4.78, 5) is 0. The second kappa shape index (κ2) is 6.03. The van der Waals surface area contributed by atoms with Crippen molar-refractivity contribution < 1.29 is 26.3 Å². The molecule has 0 aliphatic carbocycles. The predicted octanol–water partition coefficient (Wildman–Crippen LogP) is 5.86. The molecule has 3 aromatic carbocycles. The maximum Gasteiger partial charge on any atom is 0.194 e. The van der Waals surface area contributed by atoms with Gasteiger partial charge in [-0.05, 0) is 46.5 Å². The summed E-state index contributed by atoms with van der Waals surface area (Å²) in [5.74, 6) is -8.80. The van der Waals surface area contributed by atoms with E-state index in [0.717, 1.165) is 24.3 Å². The average molecular weight is 338 g/mol. The summed E-state index contributed by atoms with van der Waals surface area (Å²) >= 11 is 0. The van der Waals surface area contributed by atoms with Crippen LogP contribution in [0.25, 0.3) is 22.3 Å². The second-order valence-corrected chi connectivity index (χ2v) is 5.05. The molecule has 0 aromatic heterocycles. The molecule has 0 nitrogen and oxygen atoms in total. The summed E-state index contributed by atoms with van der Waals surface area (Å²) in [6.07, 6.45) is 0. The van der Waals surface area contributed by atoms with Crippen LogP contribution in [0.5, 0.6) is 0 Å². The minimum Gasteiger partial charge on any atom is -0.204 e. The van der Waals surface area contributed by atoms with Gasteiger partial charge in [0, 0.05) is 0 Å². The number of benzene rings is 3. The van der Waals surface area contributed by atoms with Crippen LogP contribution in [-0.4, -0.2) is 0 Å². The van der Waals surface area contributed by atoms with E-state index in [-0.39, 0.29) is 22.3 Å². The van der Waals surface area contributed by atoms with Gasteiger partial charge in [0.2, 0.25) is 0 Å². The van der Waals surface area contributed by atoms with Crippen LogP contribution < -0.4 is 0 Å². The summed E-state index contributed by atoms with van der Waals surface area (Å²) in [7, 11) is 0. The highest BCUT2D eigenvalue weighted by molar-refractivity contribution is 5.83. The van der Waals surface area contributed by atoms with Gasteiger partial charge < -0.3 is 0 Å². The molecule has 0 radical (unpaired) electrons. The summed E-state index contributed by atoms with van der Waals surface area (Å²) < 4.78 is 80.0. The third-order valence-corrected chi connectivity index (χ3v) is 3.52. The summed E-state index contributed by atoms with van der Waals surface area (Å²) in [5.41, 5.74) is 0.376. The van der Waals surface area contributed by atoms with Gasteiger partial charge in [0.1, 0.15) is 0 Å². The van der Waals surface area contributed by atoms with Gasteiger partial charge in [-0.1, -0.05) is 24.3 Å². The Kier molecular flexibility index (Phi) is 4.05. The van der Waals surface area contributed by atoms with E-state index in [1.807, 2.05) is 0 Å². The first-order chi connectivity index (χ1) is 11.4. The fraction of sp³-hybridized carbons (Fsp3) is 0. The van der Waals surface area contributed by atoms with Crippen molar-refractivity contribution in [2.45, 2.75) is 0 Å². The molecule has 24 heavy (non-hydrogen) atoms. The number of halogens is 6. The van der Waals surface area contributed by atoms with Crippen LogP contribution in [0.4, 0.5) is 26.3 Å². The Balaban J connectivity index is 2.23. The van der Waals surface area contributed by atoms with E-state index in [0.29, 0.717) is 0 Å². The van der Waals surface area contributed by atoms with Gasteiger partial charge in [-0.3, -0.25) is 0 Å². The lowest BCUT2D eigenvalue weighted by atomic mass is 9.94. The molecule has 0 amide bonds. The van der Waals surface area contributed by atoms with Crippen molar-refractivity contribution in [1.82, 2.24) is 0 Å². The molecule has 0 heterocycles. The molecule has 122 valence electrons. The fourth-order valence-electron chi connectivity index (χ4n) is 2.41. The van der Waals surface area contributed by atoms with Crippen molar-refractivity contribution in [3.05, 3.63) is 83.4 Å². The topological polar surface area (TPSA) is 0 Å². The Morgan fingerprint density at radius 1 is 0.458 bits per heavy atom. The van der Waals surface area contributed by atoms with Crippen LogP contribution >= 0.6 is 0 Å². The largest absolute Gasteiger partial charge is 0.204 e. The van der Waals surface area contributed by atoms with Crippen LogP contribution in [0.2, 0.25) is 0 Å². The van der Waals surface area contributed by atoms with E-state index in [1.165, 1.54) is 24.3 Å². The molecule has 0 atom stereocenters. The van der Waals surface area contributed by atoms with Gasteiger partial charge in [-0.2, -0.15) is 0 Å². The molecule has 6 heteroatoms. The van der Waals surface area contributed by atoms with Gasteiger partial charge >= 0.3 is 0 Å². The van der Waals surface area contributed by atoms with E-state index >= 15 is 0 Å². The third-order valence-electron chi connectivity index (χ3n) is 3.52. The lowest BCUT2D eigenvalue weighted by Crippen LogP contribution is -1.95. The minimum atomic E-state index is -1.62. The highest BCUT2D eigenvalue weighted by atomic mass is 19.2. The Labute approximate surface area is 133 Å². The maximum atomic E-state index is 13.5. The first-order valence-corrected chi connectivity index (χ1v) is 6.77. The van der Waals surface area contributed by atoms with Gasteiger partial charge in [-0.15, -0.1) is 0 Å². The molecular formula is C18H8F6. The molecule has 0 bridgehead atoms. The van der Waals surface area contributed by atoms with Crippen LogP contribution in [0.1, 0.15) is 0 Å². The fourth-order valence-corrected chi connectivity index (χ4v) is 2.41. The van der Waals surface area contributed by atoms with Crippen molar-refractivity contribution in [2.75, 3.05) is 0 Å². The summed E-state index contributed by atoms with van der Waals surface area (Å²) in [6.45, 7) is 0. The highest BCUT2D eigenvalue weighted by Crippen LogP contribution is 2.34. The Morgan fingerprint density at radius 2 is 0.750 bits per heavy atom. The van der Waals surface area contributed by atoms with E-state index in [1.54, 1.807) is 0 Å². The average Bonchev–Trinajstić information content (AvgIpc) is 2.56. The minimum absolute atomic E-state index is 0.0212. The van der Waals surface area contributed by atoms with E-state index in [2.05, 4.69) is 0 Å². The second-order valence-electron chi connectivity index (χ2n) is 5.05. The van der Waals surface area contributed by atoms with Crippen LogP contribution in [0.15, 0.2) is 48.5 Å². The Morgan fingerprint density at radius 3 is 1.04 bits per heavy atom. The summed E-state index contributed by atoms with van der Waals surface area (Å²) in [6, 6.07) is 9.05. The van der Waals surface area contributed by atoms with Crippen LogP contribution in [-0.2, 0) is 0 Å². The first kappa shape index (κ1) is 16.1. The third kappa shape index (κ3) is 2.75. The predicted molar refractivity (Wildman–Crippen MR) is 77.1 cm³/mol. The van der Waals surface area contributed by atoms with Gasteiger partial charge in [-0.25, -0.2) is 26.3 Å². The number of hydrogen-bond donors (Lipinski definition) is 0. The zero-order chi connectivity index (χ0) is 17.4. The Bertz CT molecular complexity index is 810. The molecular weight excluding hydrogens is 330 g/mol. The maximum absolute atomic E-state index is 13.5. The Hall–Kier alpha value is -2.76. The van der Waals surface area contributed by atoms with Crippen LogP contribution in [0.3, 0.4) is 0 Å². The molecule has 3 aromatic rings. The lowest BCUT2D eigenvalue weighted by molar-refractivity contribution is 0.447. The van der Waals surface area contributed by atoms with Crippen molar-refractivity contribution in [1.29, 1.82) is 0 Å². The molecule has 0 fully saturated rings. The molecule has 0 aliphatic heterocycles. The normalized spacial score (nSPS) is 10.9. The smallest absolute Gasteiger partial charge is 0.194 e. The molecule has 0 N–H and O–H groups in total.